The minimum atomic E-state index is 1.15. The number of benzene rings is 7. The van der Waals surface area contributed by atoms with Gasteiger partial charge in [-0.2, -0.15) is 0 Å². The molecule has 1 aliphatic rings. The van der Waals surface area contributed by atoms with E-state index in [1.807, 2.05) is 0 Å². The number of aromatic nitrogens is 1. The molecule has 0 spiro atoms. The van der Waals surface area contributed by atoms with Crippen molar-refractivity contribution in [3.63, 3.8) is 0 Å². The molecule has 2 heteroatoms. The summed E-state index contributed by atoms with van der Waals surface area (Å²) in [6.45, 7) is 2.15. The monoisotopic (exact) mass is 548 g/mol. The molecule has 8 aromatic rings. The molecule has 9 rings (SSSR count). The molecule has 0 radical (unpaired) electrons. The lowest BCUT2D eigenvalue weighted by Gasteiger charge is -2.27. The third-order valence-corrected chi connectivity index (χ3v) is 8.97. The van der Waals surface area contributed by atoms with Crippen LogP contribution in [0.5, 0.6) is 0 Å². The van der Waals surface area contributed by atoms with Gasteiger partial charge in [-0.3, -0.25) is 0 Å². The van der Waals surface area contributed by atoms with Crippen LogP contribution < -0.4 is 4.90 Å². The molecule has 0 amide bonds. The summed E-state index contributed by atoms with van der Waals surface area (Å²) in [5, 5.41) is 5.07. The molecule has 202 valence electrons. The third kappa shape index (κ3) is 3.53. The Morgan fingerprint density at radius 3 is 1.91 bits per heavy atom. The van der Waals surface area contributed by atoms with Crippen molar-refractivity contribution in [2.45, 2.75) is 6.92 Å². The number of hydrogen-bond donors (Lipinski definition) is 0. The first-order chi connectivity index (χ1) is 21.3. The molecule has 2 nitrogen and oxygen atoms in total. The number of anilines is 3. The molecule has 0 unspecified atom stereocenters. The summed E-state index contributed by atoms with van der Waals surface area (Å²) < 4.78 is 2.45. The second-order valence-electron chi connectivity index (χ2n) is 11.5. The van der Waals surface area contributed by atoms with Gasteiger partial charge in [-0.15, -0.1) is 0 Å². The largest absolute Gasteiger partial charge is 0.309 e. The van der Waals surface area contributed by atoms with Gasteiger partial charge >= 0.3 is 0 Å². The summed E-state index contributed by atoms with van der Waals surface area (Å²) in [6.07, 6.45) is 0. The van der Waals surface area contributed by atoms with Crippen LogP contribution in [0.3, 0.4) is 0 Å². The van der Waals surface area contributed by atoms with Crippen LogP contribution in [0.4, 0.5) is 17.1 Å². The molecule has 0 bridgehead atoms. The molecule has 0 fully saturated rings. The van der Waals surface area contributed by atoms with Gasteiger partial charge in [0, 0.05) is 33.3 Å². The summed E-state index contributed by atoms with van der Waals surface area (Å²) in [6, 6.07) is 55.5. The van der Waals surface area contributed by atoms with Gasteiger partial charge in [0.15, 0.2) is 0 Å². The van der Waals surface area contributed by atoms with Gasteiger partial charge in [0.1, 0.15) is 0 Å². The zero-order valence-corrected chi connectivity index (χ0v) is 23.8. The van der Waals surface area contributed by atoms with Crippen molar-refractivity contribution in [3.8, 4) is 27.9 Å². The van der Waals surface area contributed by atoms with Gasteiger partial charge in [0.05, 0.1) is 22.4 Å². The van der Waals surface area contributed by atoms with Gasteiger partial charge in [-0.05, 0) is 77.4 Å². The molecule has 43 heavy (non-hydrogen) atoms. The summed E-state index contributed by atoms with van der Waals surface area (Å²) in [7, 11) is 0. The Hall–Kier alpha value is -5.60. The van der Waals surface area contributed by atoms with Gasteiger partial charge in [0.25, 0.3) is 0 Å². The lowest BCUT2D eigenvalue weighted by molar-refractivity contribution is 1.17. The first-order valence-electron chi connectivity index (χ1n) is 14.9. The summed E-state index contributed by atoms with van der Waals surface area (Å²) >= 11 is 0. The Balaban J connectivity index is 1.49. The molecule has 2 heterocycles. The number of fused-ring (bicyclic) bond motifs is 10. The van der Waals surface area contributed by atoms with E-state index in [1.165, 1.54) is 77.5 Å². The average Bonchev–Trinajstić information content (AvgIpc) is 3.33. The van der Waals surface area contributed by atoms with E-state index in [-0.39, 0.29) is 0 Å². The van der Waals surface area contributed by atoms with E-state index in [0.29, 0.717) is 0 Å². The Morgan fingerprint density at radius 2 is 1.09 bits per heavy atom. The number of nitrogens with zero attached hydrogens (tertiary/aromatic N) is 2. The minimum Gasteiger partial charge on any atom is -0.309 e. The summed E-state index contributed by atoms with van der Waals surface area (Å²) in [5.74, 6) is 0. The van der Waals surface area contributed by atoms with E-state index >= 15 is 0 Å². The predicted molar refractivity (Wildman–Crippen MR) is 182 cm³/mol. The highest BCUT2D eigenvalue weighted by molar-refractivity contribution is 6.23. The van der Waals surface area contributed by atoms with E-state index < -0.39 is 0 Å². The number of rotatable bonds is 2. The average molecular weight is 549 g/mol. The molecule has 0 N–H and O–H groups in total. The maximum Gasteiger partial charge on any atom is 0.0549 e. The van der Waals surface area contributed by atoms with Crippen molar-refractivity contribution in [2.24, 2.45) is 0 Å². The predicted octanol–water partition coefficient (Wildman–Crippen LogP) is 11.4. The van der Waals surface area contributed by atoms with Crippen molar-refractivity contribution in [1.82, 2.24) is 4.57 Å². The third-order valence-electron chi connectivity index (χ3n) is 8.97. The molecule has 0 aliphatic carbocycles. The number of hydrogen-bond acceptors (Lipinski definition) is 1. The lowest BCUT2D eigenvalue weighted by Crippen LogP contribution is -2.10. The van der Waals surface area contributed by atoms with Gasteiger partial charge in [0.2, 0.25) is 0 Å². The van der Waals surface area contributed by atoms with Gasteiger partial charge in [-0.25, -0.2) is 0 Å². The molecule has 0 saturated heterocycles. The zero-order valence-electron chi connectivity index (χ0n) is 23.8. The van der Waals surface area contributed by atoms with E-state index in [9.17, 15) is 0 Å². The van der Waals surface area contributed by atoms with E-state index in [1.54, 1.807) is 0 Å². The maximum atomic E-state index is 2.45. The van der Waals surface area contributed by atoms with Crippen LogP contribution in [0.1, 0.15) is 5.56 Å². The Bertz CT molecular complexity index is 2340. The van der Waals surface area contributed by atoms with Crippen LogP contribution in [0.15, 0.2) is 152 Å². The highest BCUT2D eigenvalue weighted by atomic mass is 15.2. The highest BCUT2D eigenvalue weighted by Crippen LogP contribution is 2.52. The van der Waals surface area contributed by atoms with Crippen molar-refractivity contribution >= 4 is 49.6 Å². The maximum absolute atomic E-state index is 2.45. The van der Waals surface area contributed by atoms with Crippen LogP contribution in [-0.2, 0) is 0 Å². The van der Waals surface area contributed by atoms with Crippen molar-refractivity contribution in [3.05, 3.63) is 157 Å². The quantitative estimate of drug-likeness (QED) is 0.209. The van der Waals surface area contributed by atoms with Crippen LogP contribution in [-0.4, -0.2) is 4.57 Å². The fraction of sp³-hybridized carbons (Fsp3) is 0.0244. The standard InChI is InChI=1S/C41H28N2/c1-27-19-22-30(23-20-27)43-38-24-21-28-11-5-6-14-31(28)41(38)36-26-39-35(25-40(36)43)33-16-8-7-15-32(33)34-17-9-10-18-37(34)42(39)29-12-3-2-4-13-29/h2-26H,1H3. The molecule has 1 aromatic heterocycles. The fourth-order valence-corrected chi connectivity index (χ4v) is 7.03. The van der Waals surface area contributed by atoms with Gasteiger partial charge < -0.3 is 9.47 Å². The number of para-hydroxylation sites is 2. The van der Waals surface area contributed by atoms with Crippen LogP contribution in [0.2, 0.25) is 0 Å². The normalized spacial score (nSPS) is 12.3. The first-order valence-corrected chi connectivity index (χ1v) is 14.9. The smallest absolute Gasteiger partial charge is 0.0549 e. The second kappa shape index (κ2) is 9.20. The first kappa shape index (κ1) is 24.0. The van der Waals surface area contributed by atoms with Crippen LogP contribution in [0.25, 0.3) is 60.5 Å². The number of aryl methyl sites for hydroxylation is 1. The molecular formula is C41H28N2. The molecule has 7 aromatic carbocycles. The highest BCUT2D eigenvalue weighted by Gasteiger charge is 2.28. The summed E-state index contributed by atoms with van der Waals surface area (Å²) in [4.78, 5) is 2.45. The molecule has 1 aliphatic heterocycles. The van der Waals surface area contributed by atoms with E-state index in [4.69, 9.17) is 0 Å². The van der Waals surface area contributed by atoms with Crippen LogP contribution >= 0.6 is 0 Å². The topological polar surface area (TPSA) is 8.17 Å². The fourth-order valence-electron chi connectivity index (χ4n) is 7.03. The Morgan fingerprint density at radius 1 is 0.419 bits per heavy atom. The second-order valence-corrected chi connectivity index (χ2v) is 11.5. The van der Waals surface area contributed by atoms with Crippen molar-refractivity contribution < 1.29 is 0 Å². The molecule has 0 saturated carbocycles. The minimum absolute atomic E-state index is 1.15. The van der Waals surface area contributed by atoms with Crippen molar-refractivity contribution in [1.29, 1.82) is 0 Å². The lowest BCUT2D eigenvalue weighted by atomic mass is 9.94. The van der Waals surface area contributed by atoms with Crippen LogP contribution in [0, 0.1) is 6.92 Å². The Kier molecular flexibility index (Phi) is 5.15. The zero-order chi connectivity index (χ0) is 28.5. The summed E-state index contributed by atoms with van der Waals surface area (Å²) in [5.41, 5.74) is 13.3. The van der Waals surface area contributed by atoms with Crippen molar-refractivity contribution in [2.75, 3.05) is 4.90 Å². The van der Waals surface area contributed by atoms with Gasteiger partial charge in [-0.1, -0.05) is 109 Å². The van der Waals surface area contributed by atoms with E-state index in [2.05, 4.69) is 168 Å². The Labute approximate surface area is 250 Å². The SMILES string of the molecule is Cc1ccc(-n2c3cc4c(cc3c3c5ccccc5ccc32)N(c2ccccc2)c2ccccc2-c2ccccc2-4)cc1. The van der Waals surface area contributed by atoms with E-state index in [0.717, 1.165) is 5.69 Å². The molecule has 0 atom stereocenters. The molecular weight excluding hydrogens is 520 g/mol.